The highest BCUT2D eigenvalue weighted by Crippen LogP contribution is 2.27. The second-order valence-corrected chi connectivity index (χ2v) is 6.15. The number of ether oxygens (including phenoxy) is 1. The zero-order valence-electron chi connectivity index (χ0n) is 11.4. The summed E-state index contributed by atoms with van der Waals surface area (Å²) in [5.74, 6) is -0.142. The van der Waals surface area contributed by atoms with Gasteiger partial charge >= 0.3 is 6.03 Å². The molecule has 0 unspecified atom stereocenters. The Morgan fingerprint density at radius 3 is 2.17 bits per heavy atom. The highest BCUT2D eigenvalue weighted by atomic mass is 35.5. The molecule has 0 aromatic rings. The van der Waals surface area contributed by atoms with Crippen molar-refractivity contribution in [2.24, 2.45) is 0 Å². The van der Waals surface area contributed by atoms with Gasteiger partial charge in [-0.05, 0) is 27.7 Å². The first-order valence-corrected chi connectivity index (χ1v) is 6.54. The molecule has 0 bridgehead atoms. The molecule has 0 saturated carbocycles. The number of hydrogen-bond donors (Lipinski definition) is 1. The highest BCUT2D eigenvalue weighted by molar-refractivity contribution is 6.19. The number of carbonyl (C=O) groups excluding carboxylic acids is 2. The molecule has 0 atom stereocenters. The third-order valence-electron chi connectivity index (χ3n) is 2.55. The normalized spacial score (nSPS) is 21.5. The number of morpholine rings is 1. The van der Waals surface area contributed by atoms with Crippen LogP contribution in [0.4, 0.5) is 4.79 Å². The predicted octanol–water partition coefficient (Wildman–Crippen LogP) is 1.74. The van der Waals surface area contributed by atoms with Gasteiger partial charge in [0.2, 0.25) is 5.91 Å². The quantitative estimate of drug-likeness (QED) is 0.782. The molecule has 1 rings (SSSR count). The van der Waals surface area contributed by atoms with Crippen LogP contribution in [0, 0.1) is 0 Å². The van der Waals surface area contributed by atoms with Crippen molar-refractivity contribution in [1.82, 2.24) is 10.2 Å². The average Bonchev–Trinajstić information content (AvgIpc) is 2.12. The number of carbonyl (C=O) groups is 2. The smallest absolute Gasteiger partial charge is 0.324 e. The van der Waals surface area contributed by atoms with Gasteiger partial charge in [-0.1, -0.05) is 0 Å². The Bertz CT molecular complexity index is 326. The van der Waals surface area contributed by atoms with Gasteiger partial charge in [0.1, 0.15) is 0 Å². The molecule has 1 fully saturated rings. The van der Waals surface area contributed by atoms with Gasteiger partial charge in [-0.25, -0.2) is 4.79 Å². The molecule has 1 saturated heterocycles. The number of amides is 3. The van der Waals surface area contributed by atoms with Crippen LogP contribution >= 0.6 is 11.6 Å². The molecule has 1 heterocycles. The number of rotatable bonds is 2. The molecule has 3 amide bonds. The van der Waals surface area contributed by atoms with E-state index in [0.29, 0.717) is 13.1 Å². The second kappa shape index (κ2) is 5.45. The Morgan fingerprint density at radius 1 is 1.22 bits per heavy atom. The van der Waals surface area contributed by atoms with E-state index in [1.807, 2.05) is 27.7 Å². The molecule has 0 aliphatic carbocycles. The molecule has 0 radical (unpaired) electrons. The SMILES string of the molecule is CC1(C)CN(C(=O)NC(=O)CCCl)CC(C)(C)O1. The summed E-state index contributed by atoms with van der Waals surface area (Å²) < 4.78 is 5.87. The van der Waals surface area contributed by atoms with Crippen LogP contribution in [0.2, 0.25) is 0 Å². The number of imide groups is 1. The van der Waals surface area contributed by atoms with Gasteiger partial charge in [-0.2, -0.15) is 0 Å². The first kappa shape index (κ1) is 15.2. The monoisotopic (exact) mass is 276 g/mol. The van der Waals surface area contributed by atoms with Crippen molar-refractivity contribution in [3.63, 3.8) is 0 Å². The molecule has 1 N–H and O–H groups in total. The Kier molecular flexibility index (Phi) is 4.61. The maximum absolute atomic E-state index is 12.0. The van der Waals surface area contributed by atoms with Gasteiger partial charge in [0, 0.05) is 12.3 Å². The Morgan fingerprint density at radius 2 is 1.72 bits per heavy atom. The van der Waals surface area contributed by atoms with E-state index in [1.165, 1.54) is 0 Å². The van der Waals surface area contributed by atoms with Crippen LogP contribution in [-0.2, 0) is 9.53 Å². The number of nitrogens with zero attached hydrogens (tertiary/aromatic N) is 1. The van der Waals surface area contributed by atoms with Gasteiger partial charge in [0.05, 0.1) is 24.3 Å². The maximum atomic E-state index is 12.0. The van der Waals surface area contributed by atoms with Crippen LogP contribution in [0.1, 0.15) is 34.1 Å². The van der Waals surface area contributed by atoms with E-state index in [0.717, 1.165) is 0 Å². The third-order valence-corrected chi connectivity index (χ3v) is 2.74. The van der Waals surface area contributed by atoms with Crippen molar-refractivity contribution >= 4 is 23.5 Å². The average molecular weight is 277 g/mol. The summed E-state index contributed by atoms with van der Waals surface area (Å²) in [5.41, 5.74) is -0.844. The van der Waals surface area contributed by atoms with Crippen LogP contribution in [0.15, 0.2) is 0 Å². The second-order valence-electron chi connectivity index (χ2n) is 5.77. The number of urea groups is 1. The molecular weight excluding hydrogens is 256 g/mol. The topological polar surface area (TPSA) is 58.6 Å². The minimum atomic E-state index is -0.422. The molecule has 18 heavy (non-hydrogen) atoms. The van der Waals surface area contributed by atoms with Gasteiger partial charge in [0.15, 0.2) is 0 Å². The van der Waals surface area contributed by atoms with Gasteiger partial charge in [-0.15, -0.1) is 11.6 Å². The first-order chi connectivity index (χ1) is 8.15. The van der Waals surface area contributed by atoms with Gasteiger partial charge in [0.25, 0.3) is 0 Å². The van der Waals surface area contributed by atoms with Crippen LogP contribution in [-0.4, -0.2) is 47.0 Å². The summed E-state index contributed by atoms with van der Waals surface area (Å²) in [7, 11) is 0. The van der Waals surface area contributed by atoms with Crippen LogP contribution < -0.4 is 5.32 Å². The van der Waals surface area contributed by atoms with Crippen molar-refractivity contribution in [2.75, 3.05) is 19.0 Å². The fourth-order valence-electron chi connectivity index (χ4n) is 2.28. The van der Waals surface area contributed by atoms with Crippen LogP contribution in [0.5, 0.6) is 0 Å². The lowest BCUT2D eigenvalue weighted by Crippen LogP contribution is -2.60. The Balaban J connectivity index is 2.65. The molecular formula is C12H21ClN2O3. The largest absolute Gasteiger partial charge is 0.366 e. The Hall–Kier alpha value is -0.810. The molecule has 0 spiro atoms. The third kappa shape index (κ3) is 4.46. The molecule has 104 valence electrons. The number of nitrogens with one attached hydrogen (secondary N) is 1. The first-order valence-electron chi connectivity index (χ1n) is 6.00. The van der Waals surface area contributed by atoms with Crippen LogP contribution in [0.3, 0.4) is 0 Å². The lowest BCUT2D eigenvalue weighted by Gasteiger charge is -2.46. The van der Waals surface area contributed by atoms with Crippen molar-refractivity contribution < 1.29 is 14.3 Å². The van der Waals surface area contributed by atoms with E-state index in [2.05, 4.69) is 5.32 Å². The molecule has 1 aliphatic heterocycles. The van der Waals surface area contributed by atoms with E-state index >= 15 is 0 Å². The molecule has 1 aliphatic rings. The van der Waals surface area contributed by atoms with Gasteiger partial charge < -0.3 is 9.64 Å². The van der Waals surface area contributed by atoms with Crippen LogP contribution in [0.25, 0.3) is 0 Å². The van der Waals surface area contributed by atoms with Crippen molar-refractivity contribution in [3.05, 3.63) is 0 Å². The number of halogens is 1. The van der Waals surface area contributed by atoms with E-state index in [9.17, 15) is 9.59 Å². The van der Waals surface area contributed by atoms with Crippen molar-refractivity contribution in [3.8, 4) is 0 Å². The molecule has 5 nitrogen and oxygen atoms in total. The van der Waals surface area contributed by atoms with E-state index < -0.39 is 11.2 Å². The zero-order valence-corrected chi connectivity index (χ0v) is 12.1. The molecule has 6 heteroatoms. The van der Waals surface area contributed by atoms with Crippen molar-refractivity contribution in [1.29, 1.82) is 0 Å². The van der Waals surface area contributed by atoms with E-state index in [1.54, 1.807) is 4.90 Å². The minimum absolute atomic E-state index is 0.143. The van der Waals surface area contributed by atoms with E-state index in [-0.39, 0.29) is 24.2 Å². The van der Waals surface area contributed by atoms with E-state index in [4.69, 9.17) is 16.3 Å². The summed E-state index contributed by atoms with van der Waals surface area (Å²) in [6.07, 6.45) is 0.143. The predicted molar refractivity (Wildman–Crippen MR) is 69.7 cm³/mol. The standard InChI is InChI=1S/C12H21ClN2O3/c1-11(2)7-15(8-12(3,4)18-11)10(17)14-9(16)5-6-13/h5-8H2,1-4H3,(H,14,16,17). The minimum Gasteiger partial charge on any atom is -0.366 e. The molecule has 0 aromatic carbocycles. The fraction of sp³-hybridized carbons (Fsp3) is 0.833. The lowest BCUT2D eigenvalue weighted by molar-refractivity contribution is -0.170. The highest BCUT2D eigenvalue weighted by Gasteiger charge is 2.40. The van der Waals surface area contributed by atoms with Crippen molar-refractivity contribution in [2.45, 2.75) is 45.3 Å². The summed E-state index contributed by atoms with van der Waals surface area (Å²) in [6.45, 7) is 8.61. The summed E-state index contributed by atoms with van der Waals surface area (Å²) in [5, 5.41) is 2.33. The summed E-state index contributed by atoms with van der Waals surface area (Å²) >= 11 is 5.45. The zero-order chi connectivity index (χ0) is 14.0. The fourth-order valence-corrected chi connectivity index (χ4v) is 2.45. The number of alkyl halides is 1. The lowest BCUT2D eigenvalue weighted by atomic mass is 9.99. The maximum Gasteiger partial charge on any atom is 0.324 e. The summed E-state index contributed by atoms with van der Waals surface area (Å²) in [4.78, 5) is 24.9. The number of hydrogen-bond acceptors (Lipinski definition) is 3. The van der Waals surface area contributed by atoms with Gasteiger partial charge in [-0.3, -0.25) is 10.1 Å². The Labute approximate surface area is 113 Å². The molecule has 0 aromatic heterocycles. The summed E-state index contributed by atoms with van der Waals surface area (Å²) in [6, 6.07) is -0.380.